The highest BCUT2D eigenvalue weighted by atomic mass is 32.2. The maximum atomic E-state index is 12.8. The normalized spacial score (nSPS) is 24.7. The molecular formula is C24H24N2O4S. The van der Waals surface area contributed by atoms with E-state index in [1.54, 1.807) is 11.0 Å². The van der Waals surface area contributed by atoms with Crippen LogP contribution in [0.3, 0.4) is 0 Å². The first kappa shape index (κ1) is 21.2. The van der Waals surface area contributed by atoms with Crippen LogP contribution in [0.5, 0.6) is 0 Å². The predicted octanol–water partition coefficient (Wildman–Crippen LogP) is 2.60. The Hall–Kier alpha value is -3.06. The van der Waals surface area contributed by atoms with Gasteiger partial charge in [0.05, 0.1) is 6.42 Å². The number of benzene rings is 2. The summed E-state index contributed by atoms with van der Waals surface area (Å²) in [6.07, 6.45) is 1.92. The summed E-state index contributed by atoms with van der Waals surface area (Å²) < 4.78 is 0. The number of hydrogen-bond donors (Lipinski definition) is 2. The van der Waals surface area contributed by atoms with Crippen LogP contribution >= 0.6 is 11.8 Å². The summed E-state index contributed by atoms with van der Waals surface area (Å²) in [5.74, 6) is -1.06. The van der Waals surface area contributed by atoms with Gasteiger partial charge >= 0.3 is 5.97 Å². The summed E-state index contributed by atoms with van der Waals surface area (Å²) >= 11 is 1.41. The molecule has 2 aliphatic heterocycles. The van der Waals surface area contributed by atoms with E-state index >= 15 is 0 Å². The zero-order valence-electron chi connectivity index (χ0n) is 17.2. The molecule has 2 aliphatic rings. The van der Waals surface area contributed by atoms with E-state index in [9.17, 15) is 19.5 Å². The summed E-state index contributed by atoms with van der Waals surface area (Å²) in [7, 11) is 0. The molecule has 6 nitrogen and oxygen atoms in total. The smallest absolute Gasteiger partial charge is 0.316 e. The summed E-state index contributed by atoms with van der Waals surface area (Å²) in [6, 6.07) is 14.3. The van der Waals surface area contributed by atoms with Gasteiger partial charge in [0.2, 0.25) is 11.8 Å². The van der Waals surface area contributed by atoms with Crippen molar-refractivity contribution in [1.29, 1.82) is 0 Å². The van der Waals surface area contributed by atoms with Crippen molar-refractivity contribution < 1.29 is 19.5 Å². The molecule has 2 unspecified atom stereocenters. The van der Waals surface area contributed by atoms with E-state index in [1.807, 2.05) is 55.5 Å². The third kappa shape index (κ3) is 3.74. The lowest BCUT2D eigenvalue weighted by atomic mass is 9.77. The van der Waals surface area contributed by atoms with E-state index in [0.717, 1.165) is 16.7 Å². The van der Waals surface area contributed by atoms with Crippen LogP contribution in [0.25, 0.3) is 6.08 Å². The number of carbonyl (C=O) groups excluding carboxylic acids is 2. The first-order valence-electron chi connectivity index (χ1n) is 10.1. The topological polar surface area (TPSA) is 86.7 Å². The number of carboxylic acids is 1. The SMILES string of the molecule is C=Cc1ccc(C2(C(=O)O)CS[C@@H]3C(NC(=O)Cc4ccccc4)C(=O)N3C2)c(C)c1. The van der Waals surface area contributed by atoms with Gasteiger partial charge in [0.1, 0.15) is 16.8 Å². The number of fused-ring (bicyclic) bond motifs is 1. The molecule has 2 aromatic rings. The number of carbonyl (C=O) groups is 3. The summed E-state index contributed by atoms with van der Waals surface area (Å²) in [5, 5.41) is 12.7. The van der Waals surface area contributed by atoms with Crippen LogP contribution in [0.15, 0.2) is 55.1 Å². The zero-order valence-corrected chi connectivity index (χ0v) is 18.0. The second-order valence-corrected chi connectivity index (χ2v) is 9.15. The van der Waals surface area contributed by atoms with Gasteiger partial charge in [-0.25, -0.2) is 0 Å². The fourth-order valence-corrected chi connectivity index (χ4v) is 5.90. The van der Waals surface area contributed by atoms with E-state index in [1.165, 1.54) is 11.8 Å². The first-order valence-corrected chi connectivity index (χ1v) is 11.1. The molecule has 0 bridgehead atoms. The van der Waals surface area contributed by atoms with Gasteiger partial charge in [-0.15, -0.1) is 11.8 Å². The molecule has 0 saturated carbocycles. The number of carboxylic acid groups (broad SMARTS) is 1. The van der Waals surface area contributed by atoms with Crippen LogP contribution in [0, 0.1) is 6.92 Å². The van der Waals surface area contributed by atoms with Crippen LogP contribution in [0.2, 0.25) is 0 Å². The largest absolute Gasteiger partial charge is 0.481 e. The molecule has 0 aliphatic carbocycles. The molecule has 0 radical (unpaired) electrons. The number of hydrogen-bond acceptors (Lipinski definition) is 4. The van der Waals surface area contributed by atoms with Crippen molar-refractivity contribution >= 4 is 35.6 Å². The number of β-lactam (4-membered cyclic amide) rings is 1. The first-order chi connectivity index (χ1) is 14.9. The Morgan fingerprint density at radius 2 is 2.03 bits per heavy atom. The molecule has 31 heavy (non-hydrogen) atoms. The highest BCUT2D eigenvalue weighted by molar-refractivity contribution is 8.00. The van der Waals surface area contributed by atoms with E-state index in [-0.39, 0.29) is 30.2 Å². The predicted molar refractivity (Wildman–Crippen MR) is 121 cm³/mol. The number of rotatable bonds is 6. The van der Waals surface area contributed by atoms with Crippen molar-refractivity contribution in [2.45, 2.75) is 30.2 Å². The fraction of sp³-hybridized carbons (Fsp3) is 0.292. The molecule has 0 aromatic heterocycles. The van der Waals surface area contributed by atoms with Crippen molar-refractivity contribution in [3.8, 4) is 0 Å². The van der Waals surface area contributed by atoms with Gasteiger partial charge in [-0.3, -0.25) is 14.4 Å². The lowest BCUT2D eigenvalue weighted by Gasteiger charge is -2.54. The van der Waals surface area contributed by atoms with Crippen LogP contribution < -0.4 is 5.32 Å². The van der Waals surface area contributed by atoms with Crippen molar-refractivity contribution in [3.05, 3.63) is 77.4 Å². The Morgan fingerprint density at radius 1 is 1.29 bits per heavy atom. The van der Waals surface area contributed by atoms with E-state index < -0.39 is 17.4 Å². The summed E-state index contributed by atoms with van der Waals surface area (Å²) in [5.41, 5.74) is 2.19. The van der Waals surface area contributed by atoms with Gasteiger partial charge in [-0.05, 0) is 29.2 Å². The van der Waals surface area contributed by atoms with E-state index in [2.05, 4.69) is 11.9 Å². The lowest BCUT2D eigenvalue weighted by Crippen LogP contribution is -2.74. The second kappa shape index (κ2) is 8.23. The third-order valence-electron chi connectivity index (χ3n) is 6.02. The number of nitrogens with one attached hydrogen (secondary N) is 1. The zero-order chi connectivity index (χ0) is 22.2. The van der Waals surface area contributed by atoms with E-state index in [0.29, 0.717) is 11.3 Å². The lowest BCUT2D eigenvalue weighted by molar-refractivity contribution is -0.154. The van der Waals surface area contributed by atoms with Gasteiger partial charge < -0.3 is 15.3 Å². The van der Waals surface area contributed by atoms with Crippen LogP contribution in [0.1, 0.15) is 22.3 Å². The van der Waals surface area contributed by atoms with Gasteiger partial charge in [0.15, 0.2) is 0 Å². The molecule has 160 valence electrons. The molecule has 2 amide bonds. The molecule has 2 fully saturated rings. The number of aliphatic carboxylic acids is 1. The van der Waals surface area contributed by atoms with Crippen LogP contribution in [-0.4, -0.2) is 51.5 Å². The van der Waals surface area contributed by atoms with Crippen molar-refractivity contribution in [2.24, 2.45) is 0 Å². The fourth-order valence-electron chi connectivity index (χ4n) is 4.34. The number of aryl methyl sites for hydroxylation is 1. The Balaban J connectivity index is 1.49. The Bertz CT molecular complexity index is 1050. The highest BCUT2D eigenvalue weighted by Crippen LogP contribution is 2.44. The molecule has 4 rings (SSSR count). The Morgan fingerprint density at radius 3 is 2.68 bits per heavy atom. The van der Waals surface area contributed by atoms with Gasteiger partial charge in [0, 0.05) is 12.3 Å². The quantitative estimate of drug-likeness (QED) is 0.680. The summed E-state index contributed by atoms with van der Waals surface area (Å²) in [6.45, 7) is 5.74. The minimum absolute atomic E-state index is 0.0954. The third-order valence-corrected chi connectivity index (χ3v) is 7.54. The van der Waals surface area contributed by atoms with Crippen molar-refractivity contribution in [1.82, 2.24) is 10.2 Å². The molecule has 2 saturated heterocycles. The van der Waals surface area contributed by atoms with Crippen LogP contribution in [-0.2, 0) is 26.2 Å². The van der Waals surface area contributed by atoms with Gasteiger partial charge in [-0.2, -0.15) is 0 Å². The van der Waals surface area contributed by atoms with Crippen LogP contribution in [0.4, 0.5) is 0 Å². The van der Waals surface area contributed by atoms with Gasteiger partial charge in [-0.1, -0.05) is 61.2 Å². The van der Waals surface area contributed by atoms with Crippen molar-refractivity contribution in [2.75, 3.05) is 12.3 Å². The molecule has 3 atom stereocenters. The molecule has 2 aromatic carbocycles. The second-order valence-electron chi connectivity index (χ2n) is 8.04. The molecule has 7 heteroatoms. The average molecular weight is 437 g/mol. The Labute approximate surface area is 185 Å². The standard InChI is InChI=1S/C24H24N2O4S/c1-3-16-9-10-18(15(2)11-16)24(23(29)30)13-26-21(28)20(22(26)31-14-24)25-19(27)12-17-7-5-4-6-8-17/h3-11,20,22H,1,12-14H2,2H3,(H,25,27)(H,29,30)/t20?,22-,24?/m1/s1. The monoisotopic (exact) mass is 436 g/mol. The van der Waals surface area contributed by atoms with Gasteiger partial charge in [0.25, 0.3) is 0 Å². The molecule has 2 N–H and O–H groups in total. The average Bonchev–Trinajstić information content (AvgIpc) is 2.77. The number of amides is 2. The van der Waals surface area contributed by atoms with Crippen molar-refractivity contribution in [3.63, 3.8) is 0 Å². The molecule has 0 spiro atoms. The minimum atomic E-state index is -1.18. The molecular weight excluding hydrogens is 412 g/mol. The maximum absolute atomic E-state index is 12.8. The minimum Gasteiger partial charge on any atom is -0.481 e. The Kier molecular flexibility index (Phi) is 5.62. The van der Waals surface area contributed by atoms with E-state index in [4.69, 9.17) is 0 Å². The highest BCUT2D eigenvalue weighted by Gasteiger charge is 2.58. The number of nitrogens with zero attached hydrogens (tertiary/aromatic N) is 1. The number of thioether (sulfide) groups is 1. The maximum Gasteiger partial charge on any atom is 0.316 e. The molecule has 2 heterocycles. The summed E-state index contributed by atoms with van der Waals surface area (Å²) in [4.78, 5) is 39.2.